The Bertz CT molecular complexity index is 738. The van der Waals surface area contributed by atoms with E-state index in [4.69, 9.17) is 16.3 Å². The van der Waals surface area contributed by atoms with Crippen LogP contribution in [-0.2, 0) is 19.1 Å². The second-order valence-electron chi connectivity index (χ2n) is 8.83. The molecule has 4 rings (SSSR count). The zero-order chi connectivity index (χ0) is 18.7. The van der Waals surface area contributed by atoms with E-state index in [0.29, 0.717) is 12.3 Å². The van der Waals surface area contributed by atoms with Crippen molar-refractivity contribution in [3.05, 3.63) is 23.8 Å². The summed E-state index contributed by atoms with van der Waals surface area (Å²) in [5.41, 5.74) is 0.399. The third kappa shape index (κ3) is 2.37. The second-order valence-corrected chi connectivity index (χ2v) is 9.04. The summed E-state index contributed by atoms with van der Waals surface area (Å²) >= 11 is 5.59. The van der Waals surface area contributed by atoms with Gasteiger partial charge in [-0.3, -0.25) is 14.4 Å². The molecule has 0 bridgehead atoms. The van der Waals surface area contributed by atoms with Crippen molar-refractivity contribution in [3.63, 3.8) is 0 Å². The Morgan fingerprint density at radius 3 is 2.77 bits per heavy atom. The van der Waals surface area contributed by atoms with E-state index in [2.05, 4.69) is 13.8 Å². The van der Waals surface area contributed by atoms with Crippen LogP contribution in [0.25, 0.3) is 0 Å². The number of rotatable bonds is 2. The van der Waals surface area contributed by atoms with E-state index in [1.54, 1.807) is 12.2 Å². The molecule has 3 saturated carbocycles. The summed E-state index contributed by atoms with van der Waals surface area (Å²) < 4.78 is 5.09. The van der Waals surface area contributed by atoms with E-state index < -0.39 is 0 Å². The molecule has 5 heteroatoms. The SMILES string of the molecule is C[C@]12C=CC(=O)C=C1CC[C@@H]1[C@@H]2C(=O)C[C@]2(C)C(C(=O)OCCl)CC[C@@H]12. The molecule has 6 atom stereocenters. The zero-order valence-electron chi connectivity index (χ0n) is 15.3. The molecule has 4 aliphatic carbocycles. The Morgan fingerprint density at radius 2 is 2.04 bits per heavy atom. The molecule has 0 saturated heterocycles. The minimum absolute atomic E-state index is 0.0220. The highest BCUT2D eigenvalue weighted by Gasteiger charge is 2.63. The number of halogens is 1. The van der Waals surface area contributed by atoms with Gasteiger partial charge in [0.1, 0.15) is 5.78 Å². The Morgan fingerprint density at radius 1 is 1.27 bits per heavy atom. The number of ether oxygens (including phenoxy) is 1. The lowest BCUT2D eigenvalue weighted by molar-refractivity contribution is -0.156. The average molecular weight is 377 g/mol. The molecule has 0 heterocycles. The van der Waals surface area contributed by atoms with Gasteiger partial charge in [-0.05, 0) is 55.1 Å². The van der Waals surface area contributed by atoms with Gasteiger partial charge in [-0.1, -0.05) is 37.1 Å². The molecule has 0 aliphatic heterocycles. The smallest absolute Gasteiger partial charge is 0.310 e. The molecule has 0 amide bonds. The highest BCUT2D eigenvalue weighted by atomic mass is 35.5. The number of carbonyl (C=O) groups is 3. The van der Waals surface area contributed by atoms with Gasteiger partial charge in [0.15, 0.2) is 11.8 Å². The average Bonchev–Trinajstić information content (AvgIpc) is 2.92. The van der Waals surface area contributed by atoms with Crippen LogP contribution in [0.3, 0.4) is 0 Å². The van der Waals surface area contributed by atoms with Crippen LogP contribution in [0, 0.1) is 34.5 Å². The molecular weight excluding hydrogens is 352 g/mol. The van der Waals surface area contributed by atoms with Crippen molar-refractivity contribution in [2.24, 2.45) is 34.5 Å². The first-order valence-corrected chi connectivity index (χ1v) is 10.0. The monoisotopic (exact) mass is 376 g/mol. The zero-order valence-corrected chi connectivity index (χ0v) is 16.1. The molecule has 26 heavy (non-hydrogen) atoms. The maximum Gasteiger partial charge on any atom is 0.310 e. The fourth-order valence-corrected chi connectivity index (χ4v) is 6.68. The molecule has 1 unspecified atom stereocenters. The summed E-state index contributed by atoms with van der Waals surface area (Å²) in [6.45, 7) is 4.19. The highest BCUT2D eigenvalue weighted by molar-refractivity contribution is 6.17. The van der Waals surface area contributed by atoms with Gasteiger partial charge in [0.25, 0.3) is 0 Å². The molecule has 0 aromatic heterocycles. The summed E-state index contributed by atoms with van der Waals surface area (Å²) in [5, 5.41) is 0. The van der Waals surface area contributed by atoms with Crippen LogP contribution in [0.5, 0.6) is 0 Å². The second kappa shape index (κ2) is 6.05. The first-order valence-electron chi connectivity index (χ1n) is 9.51. The lowest BCUT2D eigenvalue weighted by Crippen LogP contribution is -2.54. The molecule has 3 fully saturated rings. The van der Waals surface area contributed by atoms with Gasteiger partial charge in [-0.2, -0.15) is 0 Å². The number of Topliss-reactive ketones (excluding diaryl/α,β-unsaturated/α-hetero) is 1. The summed E-state index contributed by atoms with van der Waals surface area (Å²) in [4.78, 5) is 37.5. The molecule has 4 aliphatic rings. The van der Waals surface area contributed by atoms with Gasteiger partial charge in [-0.15, -0.1) is 0 Å². The van der Waals surface area contributed by atoms with E-state index >= 15 is 0 Å². The molecule has 0 radical (unpaired) electrons. The minimum Gasteiger partial charge on any atom is -0.449 e. The maximum absolute atomic E-state index is 13.3. The van der Waals surface area contributed by atoms with E-state index in [1.807, 2.05) is 6.08 Å². The van der Waals surface area contributed by atoms with E-state index in [-0.39, 0.29) is 52.2 Å². The summed E-state index contributed by atoms with van der Waals surface area (Å²) in [6, 6.07) is -0.138. The minimum atomic E-state index is -0.357. The van der Waals surface area contributed by atoms with Crippen molar-refractivity contribution in [1.29, 1.82) is 0 Å². The fraction of sp³-hybridized carbons (Fsp3) is 0.667. The third-order valence-corrected chi connectivity index (χ3v) is 7.84. The van der Waals surface area contributed by atoms with Crippen molar-refractivity contribution in [1.82, 2.24) is 0 Å². The van der Waals surface area contributed by atoms with Crippen LogP contribution in [0.15, 0.2) is 23.8 Å². The lowest BCUT2D eigenvalue weighted by Gasteiger charge is -2.55. The fourth-order valence-electron chi connectivity index (χ4n) is 6.57. The molecule has 0 N–H and O–H groups in total. The van der Waals surface area contributed by atoms with Crippen molar-refractivity contribution in [2.45, 2.75) is 46.0 Å². The Kier molecular flexibility index (Phi) is 4.18. The van der Waals surface area contributed by atoms with Gasteiger partial charge < -0.3 is 4.74 Å². The van der Waals surface area contributed by atoms with Crippen LogP contribution in [0.4, 0.5) is 0 Å². The van der Waals surface area contributed by atoms with Crippen molar-refractivity contribution < 1.29 is 19.1 Å². The Hall–Kier alpha value is -1.42. The number of hydrogen-bond acceptors (Lipinski definition) is 4. The van der Waals surface area contributed by atoms with Crippen molar-refractivity contribution in [2.75, 3.05) is 6.07 Å². The molecule has 4 nitrogen and oxygen atoms in total. The predicted molar refractivity (Wildman–Crippen MR) is 97.3 cm³/mol. The lowest BCUT2D eigenvalue weighted by atomic mass is 9.47. The van der Waals surface area contributed by atoms with Crippen LogP contribution in [0.2, 0.25) is 0 Å². The molecular formula is C21H25ClO4. The highest BCUT2D eigenvalue weighted by Crippen LogP contribution is 2.65. The topological polar surface area (TPSA) is 60.4 Å². The quantitative estimate of drug-likeness (QED) is 0.542. The van der Waals surface area contributed by atoms with E-state index in [1.165, 1.54) is 0 Å². The van der Waals surface area contributed by atoms with Gasteiger partial charge in [0, 0.05) is 17.8 Å². The van der Waals surface area contributed by atoms with Crippen LogP contribution in [0.1, 0.15) is 46.0 Å². The summed E-state index contributed by atoms with van der Waals surface area (Å²) in [7, 11) is 0. The van der Waals surface area contributed by atoms with Crippen LogP contribution in [-0.4, -0.2) is 23.6 Å². The first-order chi connectivity index (χ1) is 12.3. The van der Waals surface area contributed by atoms with Crippen molar-refractivity contribution in [3.8, 4) is 0 Å². The molecule has 0 aromatic carbocycles. The number of carbonyl (C=O) groups excluding carboxylic acids is 3. The predicted octanol–water partition coefficient (Wildman–Crippen LogP) is 3.83. The Balaban J connectivity index is 1.69. The number of alkyl halides is 1. The first kappa shape index (κ1) is 18.0. The van der Waals surface area contributed by atoms with Gasteiger partial charge in [0.05, 0.1) is 5.92 Å². The van der Waals surface area contributed by atoms with E-state index in [9.17, 15) is 14.4 Å². The van der Waals surface area contributed by atoms with Crippen LogP contribution < -0.4 is 0 Å². The Labute approximate surface area is 159 Å². The molecule has 0 spiro atoms. The van der Waals surface area contributed by atoms with Crippen LogP contribution >= 0.6 is 11.6 Å². The number of allylic oxidation sites excluding steroid dienone is 4. The number of hydrogen-bond donors (Lipinski definition) is 0. The van der Waals surface area contributed by atoms with Crippen molar-refractivity contribution >= 4 is 29.1 Å². The molecule has 0 aromatic rings. The number of fused-ring (bicyclic) bond motifs is 5. The third-order valence-electron chi connectivity index (χ3n) is 7.73. The standard InChI is InChI=1S/C21H25ClO4/c1-20-8-7-13(23)9-12(20)3-4-14-15-5-6-16(19(25)26-11-22)21(15,2)10-17(24)18(14)20/h7-9,14-16,18H,3-6,10-11H2,1-2H3/t14-,15-,16?,18+,20-,21-/m0/s1. The maximum atomic E-state index is 13.3. The number of esters is 1. The summed E-state index contributed by atoms with van der Waals surface area (Å²) in [6.07, 6.45) is 9.18. The normalized spacial score (nSPS) is 44.0. The van der Waals surface area contributed by atoms with Gasteiger partial charge >= 0.3 is 5.97 Å². The number of ketones is 2. The van der Waals surface area contributed by atoms with E-state index in [0.717, 1.165) is 31.3 Å². The molecule has 140 valence electrons. The summed E-state index contributed by atoms with van der Waals surface area (Å²) in [5.74, 6) is 0.247. The van der Waals surface area contributed by atoms with Gasteiger partial charge in [-0.25, -0.2) is 0 Å². The van der Waals surface area contributed by atoms with Gasteiger partial charge in [0.2, 0.25) is 0 Å². The largest absolute Gasteiger partial charge is 0.449 e.